The lowest BCUT2D eigenvalue weighted by molar-refractivity contribution is 0.0985. The number of nitrogens with one attached hydrogen (secondary N) is 1. The van der Waals surface area contributed by atoms with Crippen LogP contribution >= 0.6 is 0 Å². The highest BCUT2D eigenvalue weighted by atomic mass is 16.5. The zero-order valence-corrected chi connectivity index (χ0v) is 11.1. The molecule has 0 saturated carbocycles. The van der Waals surface area contributed by atoms with Crippen molar-refractivity contribution in [3.63, 3.8) is 0 Å². The zero-order chi connectivity index (χ0) is 13.1. The van der Waals surface area contributed by atoms with Crippen LogP contribution in [0.4, 0.5) is 0 Å². The lowest BCUT2D eigenvalue weighted by Crippen LogP contribution is -2.31. The van der Waals surface area contributed by atoms with Crippen molar-refractivity contribution in [1.82, 2.24) is 15.1 Å². The Kier molecular flexibility index (Phi) is 3.62. The molecule has 1 saturated heterocycles. The molecule has 0 amide bonds. The summed E-state index contributed by atoms with van der Waals surface area (Å²) in [5.41, 5.74) is 2.46. The fourth-order valence-corrected chi connectivity index (χ4v) is 2.58. The van der Waals surface area contributed by atoms with Gasteiger partial charge in [0.15, 0.2) is 0 Å². The normalized spacial score (nSPS) is 22.8. The van der Waals surface area contributed by atoms with E-state index in [-0.39, 0.29) is 6.10 Å². The van der Waals surface area contributed by atoms with Crippen molar-refractivity contribution in [2.75, 3.05) is 6.61 Å². The number of ether oxygens (including phenoxy) is 1. The lowest BCUT2D eigenvalue weighted by Gasteiger charge is -2.20. The molecule has 0 radical (unpaired) electrons. The van der Waals surface area contributed by atoms with E-state index in [2.05, 4.69) is 34.7 Å². The van der Waals surface area contributed by atoms with Crippen LogP contribution < -0.4 is 5.32 Å². The van der Waals surface area contributed by atoms with Crippen molar-refractivity contribution < 1.29 is 4.74 Å². The summed E-state index contributed by atoms with van der Waals surface area (Å²) in [6, 6.07) is 10.8. The molecule has 2 atom stereocenters. The molecule has 3 rings (SSSR count). The van der Waals surface area contributed by atoms with Crippen molar-refractivity contribution in [2.45, 2.75) is 25.1 Å². The summed E-state index contributed by atoms with van der Waals surface area (Å²) in [4.78, 5) is 0. The van der Waals surface area contributed by atoms with Gasteiger partial charge in [-0.05, 0) is 12.0 Å². The van der Waals surface area contributed by atoms with Crippen LogP contribution in [0.25, 0.3) is 0 Å². The summed E-state index contributed by atoms with van der Waals surface area (Å²) in [5, 5.41) is 7.77. The average Bonchev–Trinajstić information content (AvgIpc) is 3.06. The number of benzene rings is 1. The Morgan fingerprint density at radius 1 is 1.37 bits per heavy atom. The van der Waals surface area contributed by atoms with E-state index in [1.54, 1.807) is 0 Å². The molecular weight excluding hydrogens is 238 g/mol. The van der Waals surface area contributed by atoms with Crippen LogP contribution in [0.2, 0.25) is 0 Å². The highest BCUT2D eigenvalue weighted by molar-refractivity contribution is 5.20. The van der Waals surface area contributed by atoms with Gasteiger partial charge in [0.2, 0.25) is 0 Å². The van der Waals surface area contributed by atoms with Gasteiger partial charge in [-0.15, -0.1) is 0 Å². The van der Waals surface area contributed by atoms with E-state index in [4.69, 9.17) is 4.74 Å². The summed E-state index contributed by atoms with van der Waals surface area (Å²) < 4.78 is 7.69. The molecule has 1 aromatic heterocycles. The van der Waals surface area contributed by atoms with Gasteiger partial charge in [-0.25, -0.2) is 0 Å². The molecule has 1 aromatic carbocycles. The monoisotopic (exact) mass is 257 g/mol. The Balaban J connectivity index is 1.64. The van der Waals surface area contributed by atoms with Crippen LogP contribution in [0.3, 0.4) is 0 Å². The number of hydrogen-bond acceptors (Lipinski definition) is 3. The number of aromatic nitrogens is 2. The minimum atomic E-state index is 0.165. The van der Waals surface area contributed by atoms with E-state index in [1.165, 1.54) is 11.1 Å². The SMILES string of the molecule is Cn1cc(CN[C@H]2CCO[C@@H]2c2ccccc2)cn1. The molecule has 2 heterocycles. The van der Waals surface area contributed by atoms with Crippen LogP contribution in [-0.2, 0) is 18.3 Å². The first kappa shape index (κ1) is 12.4. The molecule has 0 spiro atoms. The predicted molar refractivity (Wildman–Crippen MR) is 73.6 cm³/mol. The molecule has 0 unspecified atom stereocenters. The van der Waals surface area contributed by atoms with E-state index in [0.717, 1.165) is 19.6 Å². The molecule has 0 aliphatic carbocycles. The maximum atomic E-state index is 5.86. The maximum Gasteiger partial charge on any atom is 0.0978 e. The second-order valence-corrected chi connectivity index (χ2v) is 5.00. The molecule has 0 bridgehead atoms. The third-order valence-electron chi connectivity index (χ3n) is 3.55. The molecule has 2 aromatic rings. The van der Waals surface area contributed by atoms with Gasteiger partial charge in [0, 0.05) is 38.0 Å². The van der Waals surface area contributed by atoms with Gasteiger partial charge in [0.1, 0.15) is 0 Å². The number of nitrogens with zero attached hydrogens (tertiary/aromatic N) is 2. The van der Waals surface area contributed by atoms with Crippen LogP contribution in [0.5, 0.6) is 0 Å². The van der Waals surface area contributed by atoms with Gasteiger partial charge in [-0.2, -0.15) is 5.10 Å². The van der Waals surface area contributed by atoms with Crippen LogP contribution in [0.15, 0.2) is 42.7 Å². The summed E-state index contributed by atoms with van der Waals surface area (Å²) in [6.07, 6.45) is 5.17. The highest BCUT2D eigenvalue weighted by Gasteiger charge is 2.28. The first-order chi connectivity index (χ1) is 9.33. The van der Waals surface area contributed by atoms with Crippen LogP contribution in [0, 0.1) is 0 Å². The van der Waals surface area contributed by atoms with Crippen molar-refractivity contribution in [3.05, 3.63) is 53.9 Å². The van der Waals surface area contributed by atoms with E-state index in [1.807, 2.05) is 30.2 Å². The van der Waals surface area contributed by atoms with Gasteiger partial charge in [-0.1, -0.05) is 30.3 Å². The number of rotatable bonds is 4. The second-order valence-electron chi connectivity index (χ2n) is 5.00. The van der Waals surface area contributed by atoms with Crippen LogP contribution in [0.1, 0.15) is 23.7 Å². The van der Waals surface area contributed by atoms with E-state index in [9.17, 15) is 0 Å². The Labute approximate surface area is 113 Å². The van der Waals surface area contributed by atoms with E-state index < -0.39 is 0 Å². The molecule has 1 N–H and O–H groups in total. The summed E-state index contributed by atoms with van der Waals surface area (Å²) in [7, 11) is 1.94. The van der Waals surface area contributed by atoms with Gasteiger partial charge < -0.3 is 10.1 Å². The predicted octanol–water partition coefficient (Wildman–Crippen LogP) is 2.04. The van der Waals surface area contributed by atoms with Crippen molar-refractivity contribution in [2.24, 2.45) is 7.05 Å². The number of aryl methyl sites for hydroxylation is 1. The third-order valence-corrected chi connectivity index (χ3v) is 3.55. The summed E-state index contributed by atoms with van der Waals surface area (Å²) in [5.74, 6) is 0. The maximum absolute atomic E-state index is 5.86. The molecular formula is C15H19N3O. The fourth-order valence-electron chi connectivity index (χ4n) is 2.58. The van der Waals surface area contributed by atoms with Crippen molar-refractivity contribution >= 4 is 0 Å². The van der Waals surface area contributed by atoms with Crippen molar-refractivity contribution in [3.8, 4) is 0 Å². The van der Waals surface area contributed by atoms with Crippen molar-refractivity contribution in [1.29, 1.82) is 0 Å². The Hall–Kier alpha value is -1.65. The quantitative estimate of drug-likeness (QED) is 0.911. The van der Waals surface area contributed by atoms with Gasteiger partial charge in [0.25, 0.3) is 0 Å². The third kappa shape index (κ3) is 2.85. The molecule has 1 fully saturated rings. The van der Waals surface area contributed by atoms with E-state index in [0.29, 0.717) is 6.04 Å². The Morgan fingerprint density at radius 2 is 2.21 bits per heavy atom. The molecule has 4 heteroatoms. The standard InChI is InChI=1S/C15H19N3O/c1-18-11-12(10-17-18)9-16-14-7-8-19-15(14)13-5-3-2-4-6-13/h2-6,10-11,14-16H,7-9H2,1H3/t14-,15+/m0/s1. The van der Waals surface area contributed by atoms with Gasteiger partial charge in [-0.3, -0.25) is 4.68 Å². The topological polar surface area (TPSA) is 39.1 Å². The molecule has 1 aliphatic heterocycles. The lowest BCUT2D eigenvalue weighted by atomic mass is 10.0. The molecule has 100 valence electrons. The highest BCUT2D eigenvalue weighted by Crippen LogP contribution is 2.29. The summed E-state index contributed by atoms with van der Waals surface area (Å²) in [6.45, 7) is 1.66. The summed E-state index contributed by atoms with van der Waals surface area (Å²) >= 11 is 0. The fraction of sp³-hybridized carbons (Fsp3) is 0.400. The Morgan fingerprint density at radius 3 is 2.95 bits per heavy atom. The minimum absolute atomic E-state index is 0.165. The van der Waals surface area contributed by atoms with Gasteiger partial charge >= 0.3 is 0 Å². The zero-order valence-electron chi connectivity index (χ0n) is 11.1. The van der Waals surface area contributed by atoms with Gasteiger partial charge in [0.05, 0.1) is 12.3 Å². The first-order valence-corrected chi connectivity index (χ1v) is 6.70. The average molecular weight is 257 g/mol. The molecule has 19 heavy (non-hydrogen) atoms. The smallest absolute Gasteiger partial charge is 0.0978 e. The first-order valence-electron chi connectivity index (χ1n) is 6.70. The van der Waals surface area contributed by atoms with Crippen LogP contribution in [-0.4, -0.2) is 22.4 Å². The number of hydrogen-bond donors (Lipinski definition) is 1. The largest absolute Gasteiger partial charge is 0.372 e. The minimum Gasteiger partial charge on any atom is -0.372 e. The second kappa shape index (κ2) is 5.55. The Bertz CT molecular complexity index is 523. The molecule has 1 aliphatic rings. The molecule has 4 nitrogen and oxygen atoms in total. The van der Waals surface area contributed by atoms with E-state index >= 15 is 0 Å².